The van der Waals surface area contributed by atoms with Crippen molar-refractivity contribution in [3.05, 3.63) is 92.7 Å². The number of Topliss-reactive ketones (excluding diaryl/α,β-unsaturated/α-hetero) is 1. The second-order valence-electron chi connectivity index (χ2n) is 7.49. The van der Waals surface area contributed by atoms with Crippen LogP contribution in [0.1, 0.15) is 36.8 Å². The molecule has 1 aliphatic carbocycles. The maximum atomic E-state index is 13.2. The van der Waals surface area contributed by atoms with E-state index in [1.54, 1.807) is 12.1 Å². The molecule has 6 heteroatoms. The van der Waals surface area contributed by atoms with Crippen molar-refractivity contribution in [2.45, 2.75) is 32.3 Å². The van der Waals surface area contributed by atoms with Crippen molar-refractivity contribution in [2.75, 3.05) is 0 Å². The minimum Gasteiger partial charge on any atom is -0.457 e. The Morgan fingerprint density at radius 2 is 1.87 bits per heavy atom. The van der Waals surface area contributed by atoms with Crippen LogP contribution in [0.3, 0.4) is 0 Å². The highest BCUT2D eigenvalue weighted by Crippen LogP contribution is 2.46. The molecule has 0 saturated carbocycles. The lowest BCUT2D eigenvalue weighted by Crippen LogP contribution is -2.40. The highest BCUT2D eigenvalue weighted by atomic mass is 35.5. The van der Waals surface area contributed by atoms with Gasteiger partial charge in [0, 0.05) is 23.7 Å². The predicted molar refractivity (Wildman–Crippen MR) is 117 cm³/mol. The fourth-order valence-electron chi connectivity index (χ4n) is 4.18. The molecule has 0 spiro atoms. The smallest absolute Gasteiger partial charge is 0.336 e. The van der Waals surface area contributed by atoms with Crippen LogP contribution in [0.15, 0.2) is 71.6 Å². The summed E-state index contributed by atoms with van der Waals surface area (Å²) < 4.78 is 5.63. The Kier molecular flexibility index (Phi) is 5.98. The first kappa shape index (κ1) is 20.7. The van der Waals surface area contributed by atoms with Crippen LogP contribution in [0.4, 0.5) is 0 Å². The Balaban J connectivity index is 1.76. The first-order chi connectivity index (χ1) is 14.5. The fourth-order valence-corrected chi connectivity index (χ4v) is 4.61. The van der Waals surface area contributed by atoms with Crippen LogP contribution in [0.2, 0.25) is 10.0 Å². The molecule has 1 aliphatic heterocycles. The van der Waals surface area contributed by atoms with Gasteiger partial charge in [-0.1, -0.05) is 71.7 Å². The van der Waals surface area contributed by atoms with Crippen molar-refractivity contribution >= 4 is 35.0 Å². The summed E-state index contributed by atoms with van der Waals surface area (Å²) in [5, 5.41) is 3.99. The van der Waals surface area contributed by atoms with E-state index in [2.05, 4.69) is 5.32 Å². The molecule has 2 unspecified atom stereocenters. The molecule has 0 aromatic heterocycles. The van der Waals surface area contributed by atoms with Crippen LogP contribution in [-0.2, 0) is 20.9 Å². The monoisotopic (exact) mass is 441 g/mol. The summed E-state index contributed by atoms with van der Waals surface area (Å²) in [4.78, 5) is 26.1. The van der Waals surface area contributed by atoms with Crippen LogP contribution in [-0.4, -0.2) is 11.8 Å². The lowest BCUT2D eigenvalue weighted by Gasteiger charge is -2.38. The summed E-state index contributed by atoms with van der Waals surface area (Å²) in [5.74, 6) is -1.47. The first-order valence-electron chi connectivity index (χ1n) is 9.83. The Morgan fingerprint density at radius 3 is 2.63 bits per heavy atom. The molecular weight excluding hydrogens is 421 g/mol. The van der Waals surface area contributed by atoms with Crippen molar-refractivity contribution in [3.8, 4) is 0 Å². The quantitative estimate of drug-likeness (QED) is 0.630. The lowest BCUT2D eigenvalue weighted by molar-refractivity contribution is -0.141. The van der Waals surface area contributed by atoms with E-state index < -0.39 is 17.8 Å². The fraction of sp³-hybridized carbons (Fsp3) is 0.250. The Labute approximate surface area is 185 Å². The van der Waals surface area contributed by atoms with Gasteiger partial charge in [0.2, 0.25) is 0 Å². The van der Waals surface area contributed by atoms with E-state index in [1.807, 2.05) is 49.4 Å². The van der Waals surface area contributed by atoms with Crippen LogP contribution in [0.25, 0.3) is 0 Å². The average Bonchev–Trinajstić information content (AvgIpc) is 2.74. The molecule has 0 radical (unpaired) electrons. The van der Waals surface area contributed by atoms with Gasteiger partial charge in [-0.3, -0.25) is 4.79 Å². The van der Waals surface area contributed by atoms with Gasteiger partial charge in [-0.2, -0.15) is 0 Å². The van der Waals surface area contributed by atoms with Gasteiger partial charge < -0.3 is 10.1 Å². The third-order valence-corrected chi connectivity index (χ3v) is 6.40. The zero-order valence-corrected chi connectivity index (χ0v) is 18.0. The molecule has 2 aromatic rings. The minimum absolute atomic E-state index is 0.0712. The number of ketones is 1. The number of benzene rings is 2. The maximum absolute atomic E-state index is 13.2. The predicted octanol–water partition coefficient (Wildman–Crippen LogP) is 5.56. The highest BCUT2D eigenvalue weighted by Gasteiger charge is 2.44. The average molecular weight is 442 g/mol. The Hall–Kier alpha value is -2.56. The number of rotatable bonds is 4. The SMILES string of the molecule is CC1=C(C(=O)OCc2ccccc2)C(c2cccc(Cl)c2Cl)C2C(=O)CCC=C2N1. The number of ether oxygens (including phenoxy) is 1. The van der Waals surface area contributed by atoms with Gasteiger partial charge in [0.25, 0.3) is 0 Å². The molecular formula is C24H21Cl2NO3. The first-order valence-corrected chi connectivity index (χ1v) is 10.6. The van der Waals surface area contributed by atoms with E-state index >= 15 is 0 Å². The maximum Gasteiger partial charge on any atom is 0.336 e. The molecule has 0 fully saturated rings. The van der Waals surface area contributed by atoms with E-state index in [0.717, 1.165) is 11.3 Å². The number of nitrogens with one attached hydrogen (secondary N) is 1. The van der Waals surface area contributed by atoms with E-state index in [-0.39, 0.29) is 12.4 Å². The van der Waals surface area contributed by atoms with Crippen LogP contribution >= 0.6 is 23.2 Å². The molecule has 2 atom stereocenters. The van der Waals surface area contributed by atoms with Gasteiger partial charge in [0.1, 0.15) is 12.4 Å². The van der Waals surface area contributed by atoms with Crippen molar-refractivity contribution in [1.82, 2.24) is 5.32 Å². The van der Waals surface area contributed by atoms with Crippen molar-refractivity contribution < 1.29 is 14.3 Å². The molecule has 30 heavy (non-hydrogen) atoms. The van der Waals surface area contributed by atoms with E-state index in [1.165, 1.54) is 0 Å². The third-order valence-electron chi connectivity index (χ3n) is 5.57. The molecule has 4 nitrogen and oxygen atoms in total. The number of carbonyl (C=O) groups is 2. The largest absolute Gasteiger partial charge is 0.457 e. The van der Waals surface area contributed by atoms with Crippen LogP contribution in [0.5, 0.6) is 0 Å². The number of halogens is 2. The summed E-state index contributed by atoms with van der Waals surface area (Å²) in [6, 6.07) is 14.8. The number of hydrogen-bond donors (Lipinski definition) is 1. The van der Waals surface area contributed by atoms with E-state index in [9.17, 15) is 9.59 Å². The van der Waals surface area contributed by atoms with Gasteiger partial charge in [-0.05, 0) is 30.5 Å². The second-order valence-corrected chi connectivity index (χ2v) is 8.27. The van der Waals surface area contributed by atoms with E-state index in [4.69, 9.17) is 27.9 Å². The van der Waals surface area contributed by atoms with Gasteiger partial charge >= 0.3 is 5.97 Å². The Morgan fingerprint density at radius 1 is 1.10 bits per heavy atom. The van der Waals surface area contributed by atoms with Crippen molar-refractivity contribution in [1.29, 1.82) is 0 Å². The summed E-state index contributed by atoms with van der Waals surface area (Å²) >= 11 is 12.8. The molecule has 154 valence electrons. The highest BCUT2D eigenvalue weighted by molar-refractivity contribution is 6.42. The van der Waals surface area contributed by atoms with Gasteiger partial charge in [0.05, 0.1) is 21.5 Å². The van der Waals surface area contributed by atoms with Gasteiger partial charge in [-0.15, -0.1) is 0 Å². The van der Waals surface area contributed by atoms with Crippen molar-refractivity contribution in [3.63, 3.8) is 0 Å². The molecule has 1 heterocycles. The standard InChI is InChI=1S/C24H21Cl2NO3/c1-14-20(24(29)30-13-15-7-3-2-4-8-15)21(16-9-5-10-17(25)23(16)26)22-18(27-14)11-6-12-19(22)28/h2-5,7-11,21-22,27H,6,12-13H2,1H3. The normalized spacial score (nSPS) is 20.9. The third kappa shape index (κ3) is 3.90. The molecule has 1 N–H and O–H groups in total. The summed E-state index contributed by atoms with van der Waals surface area (Å²) in [7, 11) is 0. The molecule has 0 saturated heterocycles. The molecule has 2 aromatic carbocycles. The van der Waals surface area contributed by atoms with Crippen LogP contribution in [0, 0.1) is 5.92 Å². The lowest BCUT2D eigenvalue weighted by atomic mass is 9.71. The van der Waals surface area contributed by atoms with Crippen molar-refractivity contribution in [2.24, 2.45) is 5.92 Å². The topological polar surface area (TPSA) is 55.4 Å². The summed E-state index contributed by atoms with van der Waals surface area (Å²) in [6.45, 7) is 1.97. The number of hydrogen-bond acceptors (Lipinski definition) is 4. The number of allylic oxidation sites excluding steroid dienone is 3. The molecule has 0 bridgehead atoms. The summed E-state index contributed by atoms with van der Waals surface area (Å²) in [5.41, 5.74) is 3.42. The second kappa shape index (κ2) is 8.66. The number of esters is 1. The number of carbonyl (C=O) groups excluding carboxylic acids is 2. The molecule has 0 amide bonds. The molecule has 2 aliphatic rings. The molecule has 4 rings (SSSR count). The number of fused-ring (bicyclic) bond motifs is 1. The zero-order valence-electron chi connectivity index (χ0n) is 16.5. The van der Waals surface area contributed by atoms with Crippen LogP contribution < -0.4 is 5.32 Å². The summed E-state index contributed by atoms with van der Waals surface area (Å²) in [6.07, 6.45) is 3.12. The minimum atomic E-state index is -0.556. The Bertz CT molecular complexity index is 1060. The van der Waals surface area contributed by atoms with Gasteiger partial charge in [-0.25, -0.2) is 4.79 Å². The van der Waals surface area contributed by atoms with Gasteiger partial charge in [0.15, 0.2) is 0 Å². The van der Waals surface area contributed by atoms with E-state index in [0.29, 0.717) is 39.7 Å². The zero-order chi connectivity index (χ0) is 21.3.